The highest BCUT2D eigenvalue weighted by atomic mass is 79.9. The van der Waals surface area contributed by atoms with Crippen molar-refractivity contribution in [1.82, 2.24) is 0 Å². The summed E-state index contributed by atoms with van der Waals surface area (Å²) < 4.78 is 24.6. The van der Waals surface area contributed by atoms with Gasteiger partial charge in [0.15, 0.2) is 0 Å². The first kappa shape index (κ1) is 12.8. The van der Waals surface area contributed by atoms with Gasteiger partial charge in [-0.15, -0.1) is 22.7 Å². The van der Waals surface area contributed by atoms with Gasteiger partial charge < -0.3 is 0 Å². The van der Waals surface area contributed by atoms with Gasteiger partial charge in [-0.05, 0) is 36.8 Å². The summed E-state index contributed by atoms with van der Waals surface area (Å²) in [6.07, 6.45) is 3.20. The normalized spacial score (nSPS) is 15.6. The average molecular weight is 363 g/mol. The molecule has 0 unspecified atom stereocenters. The average Bonchev–Trinajstić information content (AvgIpc) is 2.97. The van der Waals surface area contributed by atoms with Gasteiger partial charge in [0.1, 0.15) is 0 Å². The zero-order valence-corrected chi connectivity index (χ0v) is 13.5. The highest BCUT2D eigenvalue weighted by Gasteiger charge is 2.36. The van der Waals surface area contributed by atoms with E-state index in [-0.39, 0.29) is 0 Å². The van der Waals surface area contributed by atoms with Crippen molar-refractivity contribution in [2.45, 2.75) is 29.1 Å². The van der Waals surface area contributed by atoms with Crippen LogP contribution in [-0.4, -0.2) is 13.7 Å². The lowest BCUT2D eigenvalue weighted by Gasteiger charge is -1.96. The number of thiophene rings is 2. The largest absolute Gasteiger partial charge is 0.218 e. The summed E-state index contributed by atoms with van der Waals surface area (Å²) >= 11 is 6.57. The molecule has 0 saturated heterocycles. The molecule has 0 bridgehead atoms. The maximum atomic E-state index is 12.3. The van der Waals surface area contributed by atoms with Crippen molar-refractivity contribution in [3.05, 3.63) is 22.4 Å². The molecular formula is C12H11BrO2S3. The van der Waals surface area contributed by atoms with Crippen molar-refractivity contribution in [1.29, 1.82) is 0 Å². The van der Waals surface area contributed by atoms with E-state index >= 15 is 0 Å². The number of hydrogen-bond acceptors (Lipinski definition) is 4. The molecule has 1 aliphatic heterocycles. The minimum Gasteiger partial charge on any atom is -0.218 e. The molecule has 0 radical (unpaired) electrons. The molecule has 0 N–H and O–H groups in total. The molecule has 0 fully saturated rings. The molecule has 3 rings (SSSR count). The van der Waals surface area contributed by atoms with Gasteiger partial charge in [0.05, 0.1) is 19.5 Å². The van der Waals surface area contributed by atoms with E-state index in [1.165, 1.54) is 16.2 Å². The van der Waals surface area contributed by atoms with E-state index in [2.05, 4.69) is 15.9 Å². The Hall–Kier alpha value is -0.170. The lowest BCUT2D eigenvalue weighted by molar-refractivity contribution is 0.599. The number of rotatable bonds is 4. The van der Waals surface area contributed by atoms with Gasteiger partial charge in [-0.1, -0.05) is 15.9 Å². The number of sulfone groups is 1. The van der Waals surface area contributed by atoms with E-state index in [0.717, 1.165) is 34.3 Å². The summed E-state index contributed by atoms with van der Waals surface area (Å²) in [5, 5.41) is 2.86. The smallest absolute Gasteiger partial charge is 0.209 e. The van der Waals surface area contributed by atoms with Crippen molar-refractivity contribution in [3.63, 3.8) is 0 Å². The molecule has 18 heavy (non-hydrogen) atoms. The van der Waals surface area contributed by atoms with Crippen molar-refractivity contribution in [2.24, 2.45) is 0 Å². The van der Waals surface area contributed by atoms with E-state index in [9.17, 15) is 8.42 Å². The SMILES string of the molecule is O=S1(=O)c2ccsc2-c2sc(CCCCBr)cc21. The quantitative estimate of drug-likeness (QED) is 0.510. The Morgan fingerprint density at radius 1 is 1.17 bits per heavy atom. The third kappa shape index (κ3) is 1.90. The second kappa shape index (κ2) is 4.74. The van der Waals surface area contributed by atoms with E-state index in [1.807, 2.05) is 11.4 Å². The first-order valence-electron chi connectivity index (χ1n) is 5.66. The molecule has 0 amide bonds. The molecule has 0 aliphatic carbocycles. The van der Waals surface area contributed by atoms with Crippen LogP contribution in [0.2, 0.25) is 0 Å². The van der Waals surface area contributed by atoms with Crippen LogP contribution < -0.4 is 0 Å². The fourth-order valence-electron chi connectivity index (χ4n) is 2.09. The van der Waals surface area contributed by atoms with E-state index in [0.29, 0.717) is 9.79 Å². The van der Waals surface area contributed by atoms with Crippen molar-refractivity contribution in [3.8, 4) is 9.75 Å². The number of unbranched alkanes of at least 4 members (excludes halogenated alkanes) is 1. The fourth-order valence-corrected chi connectivity index (χ4v) is 7.24. The molecule has 0 atom stereocenters. The molecule has 3 heterocycles. The Bertz CT molecular complexity index is 682. The fraction of sp³-hybridized carbons (Fsp3) is 0.333. The number of fused-ring (bicyclic) bond motifs is 3. The third-order valence-electron chi connectivity index (χ3n) is 2.97. The van der Waals surface area contributed by atoms with Crippen LogP contribution in [0, 0.1) is 0 Å². The first-order valence-corrected chi connectivity index (χ1v) is 9.96. The van der Waals surface area contributed by atoms with Gasteiger partial charge in [0.2, 0.25) is 9.84 Å². The molecule has 0 aromatic carbocycles. The van der Waals surface area contributed by atoms with Gasteiger partial charge in [0, 0.05) is 10.2 Å². The molecule has 2 aromatic heterocycles. The summed E-state index contributed by atoms with van der Waals surface area (Å²) in [6, 6.07) is 3.59. The Morgan fingerprint density at radius 3 is 2.78 bits per heavy atom. The van der Waals surface area contributed by atoms with Crippen LogP contribution >= 0.6 is 38.6 Å². The van der Waals surface area contributed by atoms with Crippen molar-refractivity contribution >= 4 is 48.4 Å². The summed E-state index contributed by atoms with van der Waals surface area (Å²) in [5.74, 6) is 0. The Morgan fingerprint density at radius 2 is 2.00 bits per heavy atom. The summed E-state index contributed by atoms with van der Waals surface area (Å²) in [4.78, 5) is 4.10. The molecular weight excluding hydrogens is 352 g/mol. The minimum atomic E-state index is -3.22. The number of halogens is 1. The number of alkyl halides is 1. The highest BCUT2D eigenvalue weighted by Crippen LogP contribution is 2.50. The topological polar surface area (TPSA) is 34.1 Å². The first-order chi connectivity index (χ1) is 8.64. The summed E-state index contributed by atoms with van der Waals surface area (Å²) in [7, 11) is -3.22. The van der Waals surface area contributed by atoms with E-state index < -0.39 is 9.84 Å². The van der Waals surface area contributed by atoms with Crippen molar-refractivity contribution in [2.75, 3.05) is 5.33 Å². The number of hydrogen-bond donors (Lipinski definition) is 0. The lowest BCUT2D eigenvalue weighted by Crippen LogP contribution is -1.94. The predicted octanol–water partition coefficient (Wildman–Crippen LogP) is 4.34. The minimum absolute atomic E-state index is 0.501. The zero-order valence-electron chi connectivity index (χ0n) is 9.48. The van der Waals surface area contributed by atoms with Gasteiger partial charge >= 0.3 is 0 Å². The second-order valence-electron chi connectivity index (χ2n) is 4.17. The van der Waals surface area contributed by atoms with Gasteiger partial charge in [-0.2, -0.15) is 0 Å². The van der Waals surface area contributed by atoms with Crippen LogP contribution in [0.15, 0.2) is 27.3 Å². The number of aryl methyl sites for hydroxylation is 1. The maximum Gasteiger partial charge on any atom is 0.209 e. The van der Waals surface area contributed by atoms with E-state index in [1.54, 1.807) is 17.4 Å². The Kier molecular flexibility index (Phi) is 3.38. The van der Waals surface area contributed by atoms with Crippen LogP contribution in [0.5, 0.6) is 0 Å². The molecule has 0 spiro atoms. The Balaban J connectivity index is 1.99. The van der Waals surface area contributed by atoms with Crippen LogP contribution in [0.1, 0.15) is 17.7 Å². The maximum absolute atomic E-state index is 12.3. The standard InChI is InChI=1S/C12H11BrO2S3/c13-5-2-1-3-8-7-10-12(17-8)11-9(4-6-16-11)18(10,14)15/h4,6-7H,1-3,5H2. The Labute approximate surface area is 123 Å². The third-order valence-corrected chi connectivity index (χ3v) is 7.88. The van der Waals surface area contributed by atoms with Gasteiger partial charge in [-0.25, -0.2) is 8.42 Å². The monoisotopic (exact) mass is 362 g/mol. The second-order valence-corrected chi connectivity index (χ2v) is 8.90. The summed E-state index contributed by atoms with van der Waals surface area (Å²) in [6.45, 7) is 0. The van der Waals surface area contributed by atoms with Crippen LogP contribution in [0.25, 0.3) is 9.75 Å². The molecule has 1 aliphatic rings. The van der Waals surface area contributed by atoms with Crippen LogP contribution in [-0.2, 0) is 16.3 Å². The molecule has 6 heteroatoms. The van der Waals surface area contributed by atoms with E-state index in [4.69, 9.17) is 0 Å². The zero-order chi connectivity index (χ0) is 12.8. The summed E-state index contributed by atoms with van der Waals surface area (Å²) in [5.41, 5.74) is 0. The molecule has 2 nitrogen and oxygen atoms in total. The van der Waals surface area contributed by atoms with Crippen LogP contribution in [0.3, 0.4) is 0 Å². The van der Waals surface area contributed by atoms with Crippen LogP contribution in [0.4, 0.5) is 0 Å². The molecule has 0 saturated carbocycles. The van der Waals surface area contributed by atoms with Gasteiger partial charge in [0.25, 0.3) is 0 Å². The van der Waals surface area contributed by atoms with Crippen molar-refractivity contribution < 1.29 is 8.42 Å². The predicted molar refractivity (Wildman–Crippen MR) is 79.8 cm³/mol. The van der Waals surface area contributed by atoms with Gasteiger partial charge in [-0.3, -0.25) is 0 Å². The lowest BCUT2D eigenvalue weighted by atomic mass is 10.2. The molecule has 2 aromatic rings. The molecule has 96 valence electrons. The highest BCUT2D eigenvalue weighted by molar-refractivity contribution is 9.09.